The van der Waals surface area contributed by atoms with E-state index in [2.05, 4.69) is 31.2 Å². The Labute approximate surface area is 266 Å². The molecule has 0 radical (unpaired) electrons. The summed E-state index contributed by atoms with van der Waals surface area (Å²) < 4.78 is 1.81. The minimum Gasteiger partial charge on any atom is -0.508 e. The molecule has 14 nitrogen and oxygen atoms in total. The van der Waals surface area contributed by atoms with Crippen LogP contribution in [-0.4, -0.2) is 64.6 Å². The van der Waals surface area contributed by atoms with Crippen molar-refractivity contribution >= 4 is 46.5 Å². The summed E-state index contributed by atoms with van der Waals surface area (Å²) in [5.74, 6) is -0.281. The number of fused-ring (bicyclic) bond motifs is 1. The molecular formula is C32H40N10O4. The lowest BCUT2D eigenvalue weighted by Gasteiger charge is -2.13. The van der Waals surface area contributed by atoms with Crippen LogP contribution in [0.5, 0.6) is 5.75 Å². The van der Waals surface area contributed by atoms with Gasteiger partial charge in [-0.15, -0.1) is 0 Å². The number of aromatic hydroxyl groups is 1. The lowest BCUT2D eigenvalue weighted by molar-refractivity contribution is 0.0953. The second kappa shape index (κ2) is 16.4. The monoisotopic (exact) mass is 628 g/mol. The molecule has 0 unspecified atom stereocenters. The van der Waals surface area contributed by atoms with Crippen molar-refractivity contribution in [2.24, 2.45) is 22.2 Å². The van der Waals surface area contributed by atoms with Crippen LogP contribution in [0.4, 0.5) is 16.4 Å². The maximum absolute atomic E-state index is 13.5. The van der Waals surface area contributed by atoms with Crippen LogP contribution in [0.2, 0.25) is 0 Å². The molecule has 14 heteroatoms. The molecule has 4 rings (SSSR count). The number of rotatable bonds is 15. The number of hydrogen-bond acceptors (Lipinski definition) is 7. The summed E-state index contributed by atoms with van der Waals surface area (Å²) in [5.41, 5.74) is 19.4. The quantitative estimate of drug-likeness (QED) is 0.0553. The number of para-hydroxylation sites is 1. The van der Waals surface area contributed by atoms with E-state index >= 15 is 0 Å². The number of anilines is 2. The first-order valence-corrected chi connectivity index (χ1v) is 15.0. The molecule has 11 N–H and O–H groups in total. The second-order valence-corrected chi connectivity index (χ2v) is 10.5. The Bertz CT molecular complexity index is 1680. The number of aliphatic imine (C=N–C) groups is 1. The Morgan fingerprint density at radius 3 is 2.39 bits per heavy atom. The molecule has 0 aliphatic carbocycles. The fraction of sp³-hybridized carbons (Fsp3) is 0.281. The molecule has 4 aromatic rings. The molecule has 4 amide bonds. The largest absolute Gasteiger partial charge is 0.508 e. The minimum atomic E-state index is -0.449. The number of phenols is 1. The van der Waals surface area contributed by atoms with Gasteiger partial charge in [-0.05, 0) is 80.3 Å². The number of benzene rings is 3. The number of urea groups is 1. The predicted octanol–water partition coefficient (Wildman–Crippen LogP) is 2.49. The third kappa shape index (κ3) is 9.43. The summed E-state index contributed by atoms with van der Waals surface area (Å²) in [7, 11) is 0. The third-order valence-electron chi connectivity index (χ3n) is 7.01. The number of nitrogens with zero attached hydrogens (tertiary/aromatic N) is 3. The average Bonchev–Trinajstić information content (AvgIpc) is 3.39. The van der Waals surface area contributed by atoms with E-state index in [1.807, 2.05) is 16.7 Å². The van der Waals surface area contributed by atoms with Crippen molar-refractivity contribution in [2.75, 3.05) is 36.8 Å². The van der Waals surface area contributed by atoms with Gasteiger partial charge in [0.15, 0.2) is 5.96 Å². The Kier molecular flexibility index (Phi) is 11.9. The van der Waals surface area contributed by atoms with Gasteiger partial charge >= 0.3 is 6.03 Å². The van der Waals surface area contributed by atoms with Crippen LogP contribution in [-0.2, 0) is 13.0 Å². The predicted molar refractivity (Wildman–Crippen MR) is 179 cm³/mol. The molecule has 3 aromatic carbocycles. The van der Waals surface area contributed by atoms with Gasteiger partial charge in [0.05, 0.1) is 16.6 Å². The van der Waals surface area contributed by atoms with Crippen LogP contribution in [0.1, 0.15) is 45.5 Å². The van der Waals surface area contributed by atoms with Crippen molar-refractivity contribution in [3.05, 3.63) is 83.4 Å². The van der Waals surface area contributed by atoms with Gasteiger partial charge < -0.3 is 42.8 Å². The number of unbranched alkanes of at least 4 members (excludes halogenated alkanes) is 1. The zero-order chi connectivity index (χ0) is 32.9. The number of nitrogens with one attached hydrogen (secondary N) is 4. The Balaban J connectivity index is 1.54. The molecule has 242 valence electrons. The highest BCUT2D eigenvalue weighted by Crippen LogP contribution is 2.25. The van der Waals surface area contributed by atoms with Crippen molar-refractivity contribution < 1.29 is 19.5 Å². The van der Waals surface area contributed by atoms with Crippen LogP contribution in [0.15, 0.2) is 71.7 Å². The fourth-order valence-corrected chi connectivity index (χ4v) is 4.73. The molecule has 0 aliphatic rings. The maximum Gasteiger partial charge on any atom is 0.319 e. The number of aromatic nitrogens is 2. The molecule has 0 saturated carbocycles. The first-order chi connectivity index (χ1) is 22.2. The summed E-state index contributed by atoms with van der Waals surface area (Å²) in [5, 5.41) is 21.0. The van der Waals surface area contributed by atoms with Crippen molar-refractivity contribution in [3.8, 4) is 5.75 Å². The summed E-state index contributed by atoms with van der Waals surface area (Å²) in [6, 6.07) is 18.2. The van der Waals surface area contributed by atoms with Crippen LogP contribution < -0.4 is 38.5 Å². The second-order valence-electron chi connectivity index (χ2n) is 10.5. The zero-order valence-corrected chi connectivity index (χ0v) is 25.5. The molecular weight excluding hydrogens is 588 g/mol. The van der Waals surface area contributed by atoms with Gasteiger partial charge in [0, 0.05) is 37.4 Å². The van der Waals surface area contributed by atoms with Gasteiger partial charge in [-0.1, -0.05) is 24.3 Å². The molecule has 0 fully saturated rings. The lowest BCUT2D eigenvalue weighted by atomic mass is 10.1. The van der Waals surface area contributed by atoms with Crippen molar-refractivity contribution in [1.29, 1.82) is 0 Å². The summed E-state index contributed by atoms with van der Waals surface area (Å²) >= 11 is 0. The number of guanidine groups is 1. The SMILES string of the molecule is NCCCCNC(=O)c1cccc2nc(NC(=O)c3cccc(NC(=O)NCCCN=C(N)N)c3)n(CCc3ccc(O)cc3)c12. The number of hydrogen-bond donors (Lipinski definition) is 8. The van der Waals surface area contributed by atoms with Gasteiger partial charge in [0.1, 0.15) is 5.75 Å². The van der Waals surface area contributed by atoms with E-state index in [-0.39, 0.29) is 23.6 Å². The van der Waals surface area contributed by atoms with Crippen molar-refractivity contribution in [1.82, 2.24) is 20.2 Å². The Hall–Kier alpha value is -5.63. The van der Waals surface area contributed by atoms with E-state index in [0.717, 1.165) is 18.4 Å². The molecule has 1 aromatic heterocycles. The van der Waals surface area contributed by atoms with Crippen LogP contribution in [0.3, 0.4) is 0 Å². The Morgan fingerprint density at radius 1 is 0.870 bits per heavy atom. The molecule has 0 bridgehead atoms. The number of aryl methyl sites for hydroxylation is 2. The van der Waals surface area contributed by atoms with Gasteiger partial charge in [0.25, 0.3) is 11.8 Å². The Morgan fingerprint density at radius 2 is 1.63 bits per heavy atom. The van der Waals surface area contributed by atoms with Crippen LogP contribution >= 0.6 is 0 Å². The summed E-state index contributed by atoms with van der Waals surface area (Å²) in [6.45, 7) is 2.17. The number of imidazole rings is 1. The maximum atomic E-state index is 13.5. The molecule has 1 heterocycles. The smallest absolute Gasteiger partial charge is 0.319 e. The molecule has 0 atom stereocenters. The summed E-state index contributed by atoms with van der Waals surface area (Å²) in [6.07, 6.45) is 2.66. The molecule has 0 aliphatic heterocycles. The average molecular weight is 629 g/mol. The highest BCUT2D eigenvalue weighted by molar-refractivity contribution is 6.08. The lowest BCUT2D eigenvalue weighted by Crippen LogP contribution is -2.30. The van der Waals surface area contributed by atoms with Gasteiger partial charge in [0.2, 0.25) is 5.95 Å². The van der Waals surface area contributed by atoms with E-state index in [0.29, 0.717) is 73.4 Å². The highest BCUT2D eigenvalue weighted by atomic mass is 16.3. The van der Waals surface area contributed by atoms with Crippen LogP contribution in [0, 0.1) is 0 Å². The van der Waals surface area contributed by atoms with E-state index < -0.39 is 11.9 Å². The number of phenolic OH excluding ortho intramolecular Hbond substituents is 1. The van der Waals surface area contributed by atoms with Crippen molar-refractivity contribution in [2.45, 2.75) is 32.2 Å². The summed E-state index contributed by atoms with van der Waals surface area (Å²) in [4.78, 5) is 47.6. The van der Waals surface area contributed by atoms with Crippen LogP contribution in [0.25, 0.3) is 11.0 Å². The third-order valence-corrected chi connectivity index (χ3v) is 7.01. The van der Waals surface area contributed by atoms with Gasteiger partial charge in [-0.2, -0.15) is 0 Å². The van der Waals surface area contributed by atoms with E-state index in [4.69, 9.17) is 17.2 Å². The molecule has 46 heavy (non-hydrogen) atoms. The van der Waals surface area contributed by atoms with E-state index in [9.17, 15) is 19.5 Å². The minimum absolute atomic E-state index is 0.00700. The first-order valence-electron chi connectivity index (χ1n) is 15.0. The van der Waals surface area contributed by atoms with Gasteiger partial charge in [-0.25, -0.2) is 9.78 Å². The van der Waals surface area contributed by atoms with Gasteiger partial charge in [-0.3, -0.25) is 19.9 Å². The fourth-order valence-electron chi connectivity index (χ4n) is 4.73. The normalized spacial score (nSPS) is 10.7. The first kappa shape index (κ1) is 33.3. The zero-order valence-electron chi connectivity index (χ0n) is 25.5. The standard InChI is InChI=1S/C32H40N10O4/c33-15-1-2-16-36-29(45)25-8-4-9-26-27(25)42(19-14-21-10-12-24(43)13-11-21)31(40-26)41-28(44)22-6-3-7-23(20-22)39-32(46)38-18-5-17-37-30(34)35/h3-4,6-13,20,43H,1-2,5,14-19,33H2,(H,36,45)(H4,34,35,37)(H2,38,39,46)(H,40,41,44). The number of amides is 4. The number of carbonyl (C=O) groups excluding carboxylic acids is 3. The molecule has 0 saturated heterocycles. The van der Waals surface area contributed by atoms with E-state index in [1.165, 1.54) is 0 Å². The van der Waals surface area contributed by atoms with E-state index in [1.54, 1.807) is 54.6 Å². The highest BCUT2D eigenvalue weighted by Gasteiger charge is 2.20. The van der Waals surface area contributed by atoms with Crippen molar-refractivity contribution in [3.63, 3.8) is 0 Å². The topological polar surface area (TPSA) is 228 Å². The molecule has 0 spiro atoms. The number of carbonyl (C=O) groups is 3. The number of nitrogens with two attached hydrogens (primary N) is 3.